The Hall–Kier alpha value is -0.770. The van der Waals surface area contributed by atoms with E-state index in [0.29, 0.717) is 12.5 Å². The Labute approximate surface area is 134 Å². The zero-order valence-electron chi connectivity index (χ0n) is 13.7. The molecule has 1 aromatic rings. The fourth-order valence-electron chi connectivity index (χ4n) is 2.44. The maximum Gasteiger partial charge on any atom is 0.0642 e. The molecule has 0 aliphatic carbocycles. The van der Waals surface area contributed by atoms with Crippen molar-refractivity contribution in [3.63, 3.8) is 0 Å². The number of hydrogen-bond acceptors (Lipinski definition) is 3. The third-order valence-corrected chi connectivity index (χ3v) is 3.85. The molecule has 1 unspecified atom stereocenters. The molecule has 0 aliphatic rings. The molecule has 0 saturated carbocycles. The lowest BCUT2D eigenvalue weighted by Gasteiger charge is -2.30. The Kier molecular flexibility index (Phi) is 8.09. The number of nitrogens with zero attached hydrogens (tertiary/aromatic N) is 1. The van der Waals surface area contributed by atoms with Crippen LogP contribution in [0.3, 0.4) is 0 Å². The average molecular weight is 313 g/mol. The highest BCUT2D eigenvalue weighted by molar-refractivity contribution is 6.33. The van der Waals surface area contributed by atoms with E-state index in [0.717, 1.165) is 36.6 Å². The molecule has 0 fully saturated rings. The van der Waals surface area contributed by atoms with Crippen molar-refractivity contribution >= 4 is 17.3 Å². The molecule has 2 N–H and O–H groups in total. The van der Waals surface area contributed by atoms with Crippen molar-refractivity contribution in [1.29, 1.82) is 0 Å². The Balaban J connectivity index is 3.08. The van der Waals surface area contributed by atoms with Crippen LogP contribution >= 0.6 is 11.6 Å². The van der Waals surface area contributed by atoms with Gasteiger partial charge in [0.25, 0.3) is 0 Å². The van der Waals surface area contributed by atoms with Crippen molar-refractivity contribution in [3.05, 3.63) is 28.8 Å². The fraction of sp³-hybridized carbons (Fsp3) is 0.647. The summed E-state index contributed by atoms with van der Waals surface area (Å²) in [6.07, 6.45) is 1.82. The molecule has 0 aliphatic heterocycles. The lowest BCUT2D eigenvalue weighted by Crippen LogP contribution is -2.33. The topological polar surface area (TPSA) is 38.5 Å². The molecule has 1 atom stereocenters. The van der Waals surface area contributed by atoms with E-state index in [4.69, 9.17) is 22.1 Å². The van der Waals surface area contributed by atoms with E-state index in [9.17, 15) is 0 Å². The van der Waals surface area contributed by atoms with Gasteiger partial charge in [0.2, 0.25) is 0 Å². The molecule has 0 spiro atoms. The molecule has 120 valence electrons. The van der Waals surface area contributed by atoms with Crippen LogP contribution < -0.4 is 10.6 Å². The first-order chi connectivity index (χ1) is 9.99. The van der Waals surface area contributed by atoms with Crippen molar-refractivity contribution < 1.29 is 4.74 Å². The molecule has 0 saturated heterocycles. The number of methoxy groups -OCH3 is 1. The molecule has 1 rings (SSSR count). The molecular formula is C17H29ClN2O. The summed E-state index contributed by atoms with van der Waals surface area (Å²) < 4.78 is 5.25. The molecule has 0 heterocycles. The summed E-state index contributed by atoms with van der Waals surface area (Å²) >= 11 is 6.49. The van der Waals surface area contributed by atoms with Gasteiger partial charge < -0.3 is 15.4 Å². The molecule has 0 radical (unpaired) electrons. The molecule has 0 bridgehead atoms. The van der Waals surface area contributed by atoms with Crippen molar-refractivity contribution in [2.45, 2.75) is 39.7 Å². The van der Waals surface area contributed by atoms with Crippen molar-refractivity contribution in [1.82, 2.24) is 0 Å². The summed E-state index contributed by atoms with van der Waals surface area (Å²) in [4.78, 5) is 2.33. The number of ether oxygens (including phenoxy) is 1. The normalized spacial score (nSPS) is 12.7. The van der Waals surface area contributed by atoms with Crippen LogP contribution in [0.2, 0.25) is 5.02 Å². The first kappa shape index (κ1) is 18.3. The Morgan fingerprint density at radius 1 is 1.33 bits per heavy atom. The van der Waals surface area contributed by atoms with Gasteiger partial charge in [-0.2, -0.15) is 0 Å². The summed E-state index contributed by atoms with van der Waals surface area (Å²) in [5, 5.41) is 0.799. The molecule has 4 heteroatoms. The first-order valence-corrected chi connectivity index (χ1v) is 8.14. The summed E-state index contributed by atoms with van der Waals surface area (Å²) in [5.41, 5.74) is 8.49. The highest BCUT2D eigenvalue weighted by atomic mass is 35.5. The lowest BCUT2D eigenvalue weighted by molar-refractivity contribution is 0.204. The predicted molar refractivity (Wildman–Crippen MR) is 92.3 cm³/mol. The van der Waals surface area contributed by atoms with Gasteiger partial charge in [0.1, 0.15) is 0 Å². The predicted octanol–water partition coefficient (Wildman–Crippen LogP) is 3.73. The summed E-state index contributed by atoms with van der Waals surface area (Å²) in [6.45, 7) is 9.04. The van der Waals surface area contributed by atoms with Gasteiger partial charge in [-0.1, -0.05) is 44.5 Å². The van der Waals surface area contributed by atoms with Gasteiger partial charge in [-0.3, -0.25) is 0 Å². The van der Waals surface area contributed by atoms with Crippen molar-refractivity contribution in [3.8, 4) is 0 Å². The van der Waals surface area contributed by atoms with E-state index in [-0.39, 0.29) is 6.04 Å². The number of benzene rings is 1. The smallest absolute Gasteiger partial charge is 0.0642 e. The number of hydrogen-bond donors (Lipinski definition) is 1. The minimum Gasteiger partial charge on any atom is -0.383 e. The maximum absolute atomic E-state index is 6.49. The molecule has 21 heavy (non-hydrogen) atoms. The first-order valence-electron chi connectivity index (χ1n) is 7.76. The van der Waals surface area contributed by atoms with Crippen molar-refractivity contribution in [2.75, 3.05) is 31.7 Å². The number of para-hydroxylation sites is 1. The van der Waals surface area contributed by atoms with Crippen LogP contribution in [0.4, 0.5) is 5.69 Å². The van der Waals surface area contributed by atoms with Crippen LogP contribution in [0.1, 0.15) is 32.8 Å². The number of rotatable bonds is 9. The van der Waals surface area contributed by atoms with Gasteiger partial charge in [0.15, 0.2) is 0 Å². The van der Waals surface area contributed by atoms with E-state index in [1.807, 2.05) is 12.1 Å². The van der Waals surface area contributed by atoms with Gasteiger partial charge >= 0.3 is 0 Å². The van der Waals surface area contributed by atoms with Crippen molar-refractivity contribution in [2.24, 2.45) is 11.7 Å². The Morgan fingerprint density at radius 3 is 2.62 bits per heavy atom. The van der Waals surface area contributed by atoms with Crippen LogP contribution in [0.5, 0.6) is 0 Å². The summed E-state index contributed by atoms with van der Waals surface area (Å²) in [7, 11) is 1.73. The second kappa shape index (κ2) is 9.29. The van der Waals surface area contributed by atoms with Gasteiger partial charge in [-0.15, -0.1) is 0 Å². The van der Waals surface area contributed by atoms with E-state index >= 15 is 0 Å². The average Bonchev–Trinajstić information content (AvgIpc) is 2.43. The van der Waals surface area contributed by atoms with E-state index in [1.54, 1.807) is 7.11 Å². The number of nitrogens with two attached hydrogens (primary N) is 1. The van der Waals surface area contributed by atoms with Gasteiger partial charge in [0.05, 0.1) is 17.3 Å². The zero-order chi connectivity index (χ0) is 15.8. The largest absolute Gasteiger partial charge is 0.383 e. The highest BCUT2D eigenvalue weighted by Crippen LogP contribution is 2.31. The minimum absolute atomic E-state index is 0.172. The Bertz CT molecular complexity index is 423. The van der Waals surface area contributed by atoms with E-state index < -0.39 is 0 Å². The second-order valence-electron chi connectivity index (χ2n) is 5.95. The molecular weight excluding hydrogens is 284 g/mol. The van der Waals surface area contributed by atoms with Crippen LogP contribution in [0.25, 0.3) is 0 Å². The highest BCUT2D eigenvalue weighted by Gasteiger charge is 2.17. The van der Waals surface area contributed by atoms with E-state index in [2.05, 4.69) is 31.7 Å². The fourth-order valence-corrected chi connectivity index (χ4v) is 2.76. The molecule has 1 aromatic carbocycles. The minimum atomic E-state index is 0.172. The van der Waals surface area contributed by atoms with Crippen LogP contribution in [-0.2, 0) is 11.2 Å². The zero-order valence-corrected chi connectivity index (χ0v) is 14.5. The third kappa shape index (κ3) is 5.85. The van der Waals surface area contributed by atoms with Crippen LogP contribution in [0.15, 0.2) is 18.2 Å². The third-order valence-electron chi connectivity index (χ3n) is 3.54. The summed E-state index contributed by atoms with van der Waals surface area (Å²) in [6, 6.07) is 6.27. The van der Waals surface area contributed by atoms with Gasteiger partial charge in [0, 0.05) is 26.2 Å². The molecule has 0 aromatic heterocycles. The van der Waals surface area contributed by atoms with E-state index in [1.165, 1.54) is 5.56 Å². The van der Waals surface area contributed by atoms with Gasteiger partial charge in [-0.25, -0.2) is 0 Å². The SMILES string of the molecule is CCC(N)Cc1cccc(Cl)c1N(CCOC)CC(C)C. The Morgan fingerprint density at radius 2 is 2.05 bits per heavy atom. The number of halogens is 1. The quantitative estimate of drug-likeness (QED) is 0.755. The standard InChI is InChI=1S/C17H29ClN2O/c1-5-15(19)11-14-7-6-8-16(18)17(14)20(9-10-21-4)12-13(2)3/h6-8,13,15H,5,9-12,19H2,1-4H3. The van der Waals surface area contributed by atoms with Crippen LogP contribution in [-0.4, -0.2) is 32.8 Å². The lowest BCUT2D eigenvalue weighted by atomic mass is 10.0. The second-order valence-corrected chi connectivity index (χ2v) is 6.36. The monoisotopic (exact) mass is 312 g/mol. The van der Waals surface area contributed by atoms with Gasteiger partial charge in [-0.05, 0) is 30.4 Å². The van der Waals surface area contributed by atoms with Crippen LogP contribution in [0, 0.1) is 5.92 Å². The number of anilines is 1. The maximum atomic E-state index is 6.49. The summed E-state index contributed by atoms with van der Waals surface area (Å²) in [5.74, 6) is 0.561. The molecule has 3 nitrogen and oxygen atoms in total. The molecule has 0 amide bonds.